The molecule has 0 aromatic heterocycles. The molecule has 0 bridgehead atoms. The summed E-state index contributed by atoms with van der Waals surface area (Å²) in [4.78, 5) is -0.518. The van der Waals surface area contributed by atoms with Crippen molar-refractivity contribution < 1.29 is 27.0 Å². The number of halogens is 2. The number of fused-ring (bicyclic) bond motifs is 1. The highest BCUT2D eigenvalue weighted by atomic mass is 35.5. The van der Waals surface area contributed by atoms with E-state index in [4.69, 9.17) is 25.8 Å². The molecule has 4 rings (SSSR count). The third-order valence-corrected chi connectivity index (χ3v) is 6.59. The summed E-state index contributed by atoms with van der Waals surface area (Å²) in [6.45, 7) is -0.0184. The van der Waals surface area contributed by atoms with Crippen molar-refractivity contribution in [3.8, 4) is 17.2 Å². The zero-order chi connectivity index (χ0) is 21.3. The summed E-state index contributed by atoms with van der Waals surface area (Å²) in [6, 6.07) is 15.1. The van der Waals surface area contributed by atoms with Crippen LogP contribution in [0.2, 0.25) is 5.02 Å². The lowest BCUT2D eigenvalue weighted by Gasteiger charge is -2.25. The maximum atomic E-state index is 14.5. The number of nitrogens with zero attached hydrogens (tertiary/aromatic N) is 1. The molecule has 0 atom stereocenters. The first-order chi connectivity index (χ1) is 14.4. The molecule has 3 aromatic rings. The summed E-state index contributed by atoms with van der Waals surface area (Å²) in [6.07, 6.45) is 0. The van der Waals surface area contributed by atoms with Crippen LogP contribution in [0.15, 0.2) is 65.6 Å². The molecular weight excluding hydrogens is 433 g/mol. The molecule has 156 valence electrons. The van der Waals surface area contributed by atoms with Gasteiger partial charge in [-0.2, -0.15) is 0 Å². The molecular formula is C21H17ClFNO5S. The molecule has 0 fully saturated rings. The highest BCUT2D eigenvalue weighted by Gasteiger charge is 2.30. The SMILES string of the molecule is COc1cccc(CN(c2ccc3c(c2)OCO3)S(=O)(=O)c2cc(Cl)ccc2F)c1. The van der Waals surface area contributed by atoms with Crippen LogP contribution >= 0.6 is 11.6 Å². The lowest BCUT2D eigenvalue weighted by atomic mass is 10.2. The lowest BCUT2D eigenvalue weighted by molar-refractivity contribution is 0.174. The molecule has 0 radical (unpaired) electrons. The Hall–Kier alpha value is -2.97. The molecule has 0 saturated carbocycles. The summed E-state index contributed by atoms with van der Waals surface area (Å²) in [5.41, 5.74) is 0.944. The minimum Gasteiger partial charge on any atom is -0.497 e. The van der Waals surface area contributed by atoms with Gasteiger partial charge in [0.2, 0.25) is 6.79 Å². The molecule has 1 aliphatic rings. The van der Waals surface area contributed by atoms with Crippen LogP contribution in [0.1, 0.15) is 5.56 Å². The average Bonchev–Trinajstić information content (AvgIpc) is 3.21. The van der Waals surface area contributed by atoms with Gasteiger partial charge in [0, 0.05) is 11.1 Å². The van der Waals surface area contributed by atoms with E-state index in [9.17, 15) is 12.8 Å². The molecule has 9 heteroatoms. The van der Waals surface area contributed by atoms with E-state index in [2.05, 4.69) is 0 Å². The van der Waals surface area contributed by atoms with Gasteiger partial charge in [-0.25, -0.2) is 12.8 Å². The lowest BCUT2D eigenvalue weighted by Crippen LogP contribution is -2.31. The normalized spacial score (nSPS) is 12.6. The Morgan fingerprint density at radius 3 is 2.67 bits per heavy atom. The van der Waals surface area contributed by atoms with Crippen molar-refractivity contribution in [2.24, 2.45) is 0 Å². The molecule has 1 heterocycles. The average molecular weight is 450 g/mol. The van der Waals surface area contributed by atoms with Gasteiger partial charge in [0.25, 0.3) is 10.0 Å². The van der Waals surface area contributed by atoms with Gasteiger partial charge < -0.3 is 14.2 Å². The standard InChI is InChI=1S/C21H17ClFNO5S/c1-27-17-4-2-3-14(9-17)12-24(16-6-8-19-20(11-16)29-13-28-19)30(25,26)21-10-15(22)5-7-18(21)23/h2-11H,12-13H2,1H3. The van der Waals surface area contributed by atoms with E-state index in [0.29, 0.717) is 28.5 Å². The molecule has 3 aromatic carbocycles. The molecule has 0 saturated heterocycles. The van der Waals surface area contributed by atoms with Crippen molar-refractivity contribution in [2.45, 2.75) is 11.4 Å². The van der Waals surface area contributed by atoms with Crippen LogP contribution in [-0.2, 0) is 16.6 Å². The molecule has 0 amide bonds. The van der Waals surface area contributed by atoms with Gasteiger partial charge in [0.15, 0.2) is 11.5 Å². The highest BCUT2D eigenvalue weighted by molar-refractivity contribution is 7.92. The van der Waals surface area contributed by atoms with E-state index in [1.807, 2.05) is 0 Å². The minimum atomic E-state index is -4.31. The Morgan fingerprint density at radius 2 is 1.87 bits per heavy atom. The van der Waals surface area contributed by atoms with Crippen molar-refractivity contribution >= 4 is 27.3 Å². The van der Waals surface area contributed by atoms with Crippen LogP contribution in [-0.4, -0.2) is 22.3 Å². The second kappa shape index (κ2) is 8.04. The van der Waals surface area contributed by atoms with Crippen LogP contribution in [0, 0.1) is 5.82 Å². The predicted molar refractivity (Wildman–Crippen MR) is 110 cm³/mol. The molecule has 0 unspecified atom stereocenters. The number of ether oxygens (including phenoxy) is 3. The van der Waals surface area contributed by atoms with E-state index < -0.39 is 20.7 Å². The largest absolute Gasteiger partial charge is 0.497 e. The van der Waals surface area contributed by atoms with E-state index in [1.54, 1.807) is 42.5 Å². The van der Waals surface area contributed by atoms with E-state index in [1.165, 1.54) is 13.2 Å². The maximum absolute atomic E-state index is 14.5. The predicted octanol–water partition coefficient (Wildman–Crippen LogP) is 4.61. The number of hydrogen-bond acceptors (Lipinski definition) is 5. The number of anilines is 1. The van der Waals surface area contributed by atoms with Crippen molar-refractivity contribution in [1.29, 1.82) is 0 Å². The molecule has 0 aliphatic carbocycles. The zero-order valence-electron chi connectivity index (χ0n) is 15.8. The number of methoxy groups -OCH3 is 1. The van der Waals surface area contributed by atoms with Gasteiger partial charge >= 0.3 is 0 Å². The summed E-state index contributed by atoms with van der Waals surface area (Å²) in [7, 11) is -2.79. The molecule has 6 nitrogen and oxygen atoms in total. The van der Waals surface area contributed by atoms with Crippen molar-refractivity contribution in [2.75, 3.05) is 18.2 Å². The van der Waals surface area contributed by atoms with Crippen molar-refractivity contribution in [1.82, 2.24) is 0 Å². The number of benzene rings is 3. The van der Waals surface area contributed by atoms with Crippen molar-refractivity contribution in [3.05, 3.63) is 77.1 Å². The summed E-state index contributed by atoms with van der Waals surface area (Å²) in [5, 5.41) is 0.113. The van der Waals surface area contributed by atoms with Crippen LogP contribution in [0.4, 0.5) is 10.1 Å². The van der Waals surface area contributed by atoms with Crippen LogP contribution in [0.25, 0.3) is 0 Å². The fourth-order valence-corrected chi connectivity index (χ4v) is 4.86. The third-order valence-electron chi connectivity index (χ3n) is 4.57. The summed E-state index contributed by atoms with van der Waals surface area (Å²) < 4.78 is 58.5. The Bertz CT molecular complexity index is 1200. The monoisotopic (exact) mass is 449 g/mol. The quantitative estimate of drug-likeness (QED) is 0.549. The summed E-state index contributed by atoms with van der Waals surface area (Å²) in [5.74, 6) is 0.594. The first kappa shape index (κ1) is 20.3. The Morgan fingerprint density at radius 1 is 1.07 bits per heavy atom. The van der Waals surface area contributed by atoms with E-state index in [-0.39, 0.29) is 18.4 Å². The fourth-order valence-electron chi connectivity index (χ4n) is 3.09. The van der Waals surface area contributed by atoms with Crippen LogP contribution in [0.3, 0.4) is 0 Å². The molecule has 0 spiro atoms. The first-order valence-electron chi connectivity index (χ1n) is 8.89. The molecule has 1 aliphatic heterocycles. The summed E-state index contributed by atoms with van der Waals surface area (Å²) >= 11 is 5.95. The Labute approximate surface area is 178 Å². The zero-order valence-corrected chi connectivity index (χ0v) is 17.4. The fraction of sp³-hybridized carbons (Fsp3) is 0.143. The van der Waals surface area contributed by atoms with Gasteiger partial charge in [-0.1, -0.05) is 23.7 Å². The molecule has 0 N–H and O–H groups in total. The maximum Gasteiger partial charge on any atom is 0.267 e. The van der Waals surface area contributed by atoms with E-state index in [0.717, 1.165) is 16.4 Å². The topological polar surface area (TPSA) is 65.1 Å². The highest BCUT2D eigenvalue weighted by Crippen LogP contribution is 2.38. The number of sulfonamides is 1. The third kappa shape index (κ3) is 3.88. The first-order valence-corrected chi connectivity index (χ1v) is 10.7. The second-order valence-electron chi connectivity index (χ2n) is 6.48. The van der Waals surface area contributed by atoms with Gasteiger partial charge in [-0.05, 0) is 48.0 Å². The van der Waals surface area contributed by atoms with Crippen LogP contribution < -0.4 is 18.5 Å². The number of rotatable bonds is 6. The van der Waals surface area contributed by atoms with Crippen LogP contribution in [0.5, 0.6) is 17.2 Å². The smallest absolute Gasteiger partial charge is 0.267 e. The van der Waals surface area contributed by atoms with E-state index >= 15 is 0 Å². The van der Waals surface area contributed by atoms with Gasteiger partial charge in [0.1, 0.15) is 16.5 Å². The van der Waals surface area contributed by atoms with Gasteiger partial charge in [-0.3, -0.25) is 4.31 Å². The Balaban J connectivity index is 1.83. The second-order valence-corrected chi connectivity index (χ2v) is 8.74. The van der Waals surface area contributed by atoms with Gasteiger partial charge in [0.05, 0.1) is 19.3 Å². The molecule has 30 heavy (non-hydrogen) atoms. The Kier molecular flexibility index (Phi) is 5.44. The van der Waals surface area contributed by atoms with Gasteiger partial charge in [-0.15, -0.1) is 0 Å². The minimum absolute atomic E-state index is 0.0460. The van der Waals surface area contributed by atoms with Crippen molar-refractivity contribution in [3.63, 3.8) is 0 Å². The number of hydrogen-bond donors (Lipinski definition) is 0.